The van der Waals surface area contributed by atoms with Crippen molar-refractivity contribution in [3.05, 3.63) is 0 Å². The van der Waals surface area contributed by atoms with E-state index in [0.717, 1.165) is 0 Å². The standard InChI is InChI=1S/C7H11ClO2/c1-7(2,3)5(9)4-6(8)10/h4H2,1-3H3. The van der Waals surface area contributed by atoms with Gasteiger partial charge in [-0.25, -0.2) is 0 Å². The highest BCUT2D eigenvalue weighted by atomic mass is 35.5. The molecule has 0 heterocycles. The molecule has 0 aromatic heterocycles. The lowest BCUT2D eigenvalue weighted by Gasteiger charge is -2.14. The molecule has 0 atom stereocenters. The average molecular weight is 163 g/mol. The van der Waals surface area contributed by atoms with Crippen molar-refractivity contribution >= 4 is 22.6 Å². The molecule has 0 amide bonds. The lowest BCUT2D eigenvalue weighted by molar-refractivity contribution is -0.129. The maximum Gasteiger partial charge on any atom is 0.229 e. The lowest BCUT2D eigenvalue weighted by Crippen LogP contribution is -2.21. The molecule has 0 saturated carbocycles. The first-order chi connectivity index (χ1) is 4.34. The normalized spacial score (nSPS) is 11.2. The molecule has 0 aromatic carbocycles. The Bertz CT molecular complexity index is 155. The molecule has 0 aliphatic rings. The van der Waals surface area contributed by atoms with Crippen molar-refractivity contribution in [3.63, 3.8) is 0 Å². The van der Waals surface area contributed by atoms with E-state index in [4.69, 9.17) is 11.6 Å². The van der Waals surface area contributed by atoms with Gasteiger partial charge in [0, 0.05) is 5.41 Å². The number of hydrogen-bond acceptors (Lipinski definition) is 2. The Morgan fingerprint density at radius 3 is 1.80 bits per heavy atom. The van der Waals surface area contributed by atoms with Crippen LogP contribution in [0.15, 0.2) is 0 Å². The summed E-state index contributed by atoms with van der Waals surface area (Å²) in [6.45, 7) is 5.28. The number of ketones is 1. The molecular formula is C7H11ClO2. The van der Waals surface area contributed by atoms with Gasteiger partial charge in [-0.2, -0.15) is 0 Å². The van der Waals surface area contributed by atoms with Crippen molar-refractivity contribution in [1.29, 1.82) is 0 Å². The van der Waals surface area contributed by atoms with Gasteiger partial charge in [0.25, 0.3) is 0 Å². The van der Waals surface area contributed by atoms with Crippen LogP contribution in [0.3, 0.4) is 0 Å². The molecule has 58 valence electrons. The molecule has 0 aromatic rings. The molecule has 0 saturated heterocycles. The average Bonchev–Trinajstić information content (AvgIpc) is 1.60. The third-order valence-corrected chi connectivity index (χ3v) is 1.27. The summed E-state index contributed by atoms with van der Waals surface area (Å²) in [6, 6.07) is 0. The van der Waals surface area contributed by atoms with Crippen LogP contribution in [0, 0.1) is 5.41 Å². The summed E-state index contributed by atoms with van der Waals surface area (Å²) in [6.07, 6.45) is -0.162. The number of hydrogen-bond donors (Lipinski definition) is 0. The molecule has 0 bridgehead atoms. The van der Waals surface area contributed by atoms with Gasteiger partial charge in [0.15, 0.2) is 0 Å². The Labute approximate surface area is 65.6 Å². The molecule has 0 rings (SSSR count). The van der Waals surface area contributed by atoms with Crippen LogP contribution < -0.4 is 0 Å². The molecule has 0 N–H and O–H groups in total. The Balaban J connectivity index is 3.99. The van der Waals surface area contributed by atoms with Gasteiger partial charge < -0.3 is 0 Å². The minimum atomic E-state index is -0.583. The number of Topliss-reactive ketones (excluding diaryl/α,β-unsaturated/α-hetero) is 1. The van der Waals surface area contributed by atoms with Crippen molar-refractivity contribution in [3.8, 4) is 0 Å². The molecule has 0 fully saturated rings. The lowest BCUT2D eigenvalue weighted by atomic mass is 9.89. The van der Waals surface area contributed by atoms with Crippen LogP contribution in [0.4, 0.5) is 0 Å². The van der Waals surface area contributed by atoms with E-state index in [-0.39, 0.29) is 12.2 Å². The summed E-state index contributed by atoms with van der Waals surface area (Å²) < 4.78 is 0. The number of carbonyl (C=O) groups is 2. The molecule has 0 aliphatic heterocycles. The topological polar surface area (TPSA) is 34.1 Å². The van der Waals surface area contributed by atoms with Gasteiger partial charge in [-0.05, 0) is 11.6 Å². The van der Waals surface area contributed by atoms with Crippen molar-refractivity contribution in [2.45, 2.75) is 27.2 Å². The summed E-state index contributed by atoms with van der Waals surface area (Å²) in [5.74, 6) is -0.118. The SMILES string of the molecule is CC(C)(C)C(=O)CC(=O)Cl. The van der Waals surface area contributed by atoms with Crippen LogP contribution in [0.25, 0.3) is 0 Å². The van der Waals surface area contributed by atoms with E-state index in [2.05, 4.69) is 0 Å². The Kier molecular flexibility index (Phi) is 3.03. The van der Waals surface area contributed by atoms with E-state index in [0.29, 0.717) is 0 Å². The Morgan fingerprint density at radius 1 is 1.30 bits per heavy atom. The molecule has 10 heavy (non-hydrogen) atoms. The van der Waals surface area contributed by atoms with Crippen LogP contribution in [0.1, 0.15) is 27.2 Å². The van der Waals surface area contributed by atoms with E-state index in [1.165, 1.54) is 0 Å². The van der Waals surface area contributed by atoms with Crippen LogP contribution in [0.2, 0.25) is 0 Å². The van der Waals surface area contributed by atoms with Crippen LogP contribution in [0.5, 0.6) is 0 Å². The fraction of sp³-hybridized carbons (Fsp3) is 0.714. The molecular weight excluding hydrogens is 152 g/mol. The highest BCUT2D eigenvalue weighted by Crippen LogP contribution is 2.16. The zero-order chi connectivity index (χ0) is 8.36. The fourth-order valence-corrected chi connectivity index (χ4v) is 0.513. The zero-order valence-corrected chi connectivity index (χ0v) is 7.16. The van der Waals surface area contributed by atoms with Crippen LogP contribution in [-0.2, 0) is 9.59 Å². The maximum absolute atomic E-state index is 11.0. The minimum absolute atomic E-state index is 0.118. The second kappa shape index (κ2) is 3.15. The quantitative estimate of drug-likeness (QED) is 0.458. The summed E-state index contributed by atoms with van der Waals surface area (Å²) >= 11 is 5.02. The van der Waals surface area contributed by atoms with Crippen molar-refractivity contribution in [2.24, 2.45) is 5.41 Å². The van der Waals surface area contributed by atoms with Crippen molar-refractivity contribution < 1.29 is 9.59 Å². The second-order valence-electron chi connectivity index (χ2n) is 3.21. The van der Waals surface area contributed by atoms with Crippen LogP contribution in [-0.4, -0.2) is 11.0 Å². The highest BCUT2D eigenvalue weighted by molar-refractivity contribution is 6.65. The monoisotopic (exact) mass is 162 g/mol. The van der Waals surface area contributed by atoms with Crippen LogP contribution >= 0.6 is 11.6 Å². The van der Waals surface area contributed by atoms with E-state index in [1.807, 2.05) is 0 Å². The second-order valence-corrected chi connectivity index (χ2v) is 3.63. The Morgan fingerprint density at radius 2 is 1.70 bits per heavy atom. The summed E-state index contributed by atoms with van der Waals surface area (Å²) in [5.41, 5.74) is -0.454. The van der Waals surface area contributed by atoms with Gasteiger partial charge in [-0.3, -0.25) is 9.59 Å². The predicted molar refractivity (Wildman–Crippen MR) is 39.9 cm³/mol. The summed E-state index contributed by atoms with van der Waals surface area (Å²) in [7, 11) is 0. The number of rotatable bonds is 2. The number of halogens is 1. The largest absolute Gasteiger partial charge is 0.299 e. The highest BCUT2D eigenvalue weighted by Gasteiger charge is 2.22. The Hall–Kier alpha value is -0.370. The maximum atomic E-state index is 11.0. The third kappa shape index (κ3) is 3.62. The van der Waals surface area contributed by atoms with Crippen molar-refractivity contribution in [2.75, 3.05) is 0 Å². The van der Waals surface area contributed by atoms with E-state index < -0.39 is 10.7 Å². The predicted octanol–water partition coefficient (Wildman–Crippen LogP) is 1.76. The van der Waals surface area contributed by atoms with Gasteiger partial charge >= 0.3 is 0 Å². The fourth-order valence-electron chi connectivity index (χ4n) is 0.391. The van der Waals surface area contributed by atoms with Gasteiger partial charge in [-0.15, -0.1) is 0 Å². The molecule has 0 radical (unpaired) electrons. The summed E-state index contributed by atoms with van der Waals surface area (Å²) in [4.78, 5) is 21.2. The van der Waals surface area contributed by atoms with E-state index >= 15 is 0 Å². The minimum Gasteiger partial charge on any atom is -0.299 e. The first-order valence-corrected chi connectivity index (χ1v) is 3.43. The van der Waals surface area contributed by atoms with Gasteiger partial charge in [0.05, 0.1) is 6.42 Å². The van der Waals surface area contributed by atoms with Gasteiger partial charge in [-0.1, -0.05) is 20.8 Å². The van der Waals surface area contributed by atoms with E-state index in [9.17, 15) is 9.59 Å². The molecule has 2 nitrogen and oxygen atoms in total. The van der Waals surface area contributed by atoms with Gasteiger partial charge in [0.1, 0.15) is 5.78 Å². The smallest absolute Gasteiger partial charge is 0.229 e. The van der Waals surface area contributed by atoms with E-state index in [1.54, 1.807) is 20.8 Å². The number of carbonyl (C=O) groups excluding carboxylic acids is 2. The molecule has 0 aliphatic carbocycles. The third-order valence-electron chi connectivity index (χ3n) is 1.14. The van der Waals surface area contributed by atoms with Crippen molar-refractivity contribution in [1.82, 2.24) is 0 Å². The molecule has 0 unspecified atom stereocenters. The first-order valence-electron chi connectivity index (χ1n) is 3.05. The first kappa shape index (κ1) is 9.63. The zero-order valence-electron chi connectivity index (χ0n) is 6.40. The molecule has 0 spiro atoms. The van der Waals surface area contributed by atoms with Gasteiger partial charge in [0.2, 0.25) is 5.24 Å². The molecule has 3 heteroatoms. The summed E-state index contributed by atoms with van der Waals surface area (Å²) in [5, 5.41) is -0.583.